The quantitative estimate of drug-likeness (QED) is 0.489. The van der Waals surface area contributed by atoms with Crippen LogP contribution in [0, 0.1) is 0 Å². The summed E-state index contributed by atoms with van der Waals surface area (Å²) in [5.74, 6) is 0.241. The highest BCUT2D eigenvalue weighted by atomic mass is 15.3. The maximum absolute atomic E-state index is 6.11. The van der Waals surface area contributed by atoms with Crippen molar-refractivity contribution >= 4 is 17.0 Å². The lowest BCUT2D eigenvalue weighted by molar-refractivity contribution is 0.707. The standard InChI is InChI=1S/C24H19N5/c25-24-26-21(18-12-6-2-7-13-18)20-22(19-14-8-3-9-15-19)28-29(23(20)27-24)16-17-10-4-1-5-11-17/h1-15H,16H2,(H2,25,26,27). The van der Waals surface area contributed by atoms with Gasteiger partial charge in [-0.15, -0.1) is 0 Å². The van der Waals surface area contributed by atoms with E-state index in [-0.39, 0.29) is 5.95 Å². The van der Waals surface area contributed by atoms with Crippen molar-refractivity contribution in [3.05, 3.63) is 96.6 Å². The molecular weight excluding hydrogens is 358 g/mol. The molecule has 0 amide bonds. The van der Waals surface area contributed by atoms with Gasteiger partial charge in [0.1, 0.15) is 5.69 Å². The van der Waals surface area contributed by atoms with Crippen LogP contribution in [0.2, 0.25) is 0 Å². The van der Waals surface area contributed by atoms with E-state index in [1.807, 2.05) is 71.4 Å². The second-order valence-corrected chi connectivity index (χ2v) is 6.85. The second-order valence-electron chi connectivity index (χ2n) is 6.85. The molecule has 0 spiro atoms. The number of hydrogen-bond acceptors (Lipinski definition) is 4. The van der Waals surface area contributed by atoms with E-state index in [0.29, 0.717) is 6.54 Å². The first-order valence-corrected chi connectivity index (χ1v) is 9.48. The number of nitrogens with two attached hydrogens (primary N) is 1. The molecule has 140 valence electrons. The zero-order valence-electron chi connectivity index (χ0n) is 15.7. The van der Waals surface area contributed by atoms with Crippen LogP contribution in [-0.4, -0.2) is 19.7 Å². The first kappa shape index (κ1) is 17.1. The van der Waals surface area contributed by atoms with Gasteiger partial charge < -0.3 is 5.73 Å². The summed E-state index contributed by atoms with van der Waals surface area (Å²) in [5, 5.41) is 5.85. The molecular formula is C24H19N5. The number of aromatic nitrogens is 4. The van der Waals surface area contributed by atoms with E-state index in [2.05, 4.69) is 34.2 Å². The molecule has 0 fully saturated rings. The monoisotopic (exact) mass is 377 g/mol. The van der Waals surface area contributed by atoms with Crippen LogP contribution in [0.25, 0.3) is 33.5 Å². The van der Waals surface area contributed by atoms with E-state index >= 15 is 0 Å². The third-order valence-corrected chi connectivity index (χ3v) is 4.88. The SMILES string of the molecule is Nc1nc(-c2ccccc2)c2c(-c3ccccc3)nn(Cc3ccccc3)c2n1. The summed E-state index contributed by atoms with van der Waals surface area (Å²) in [6, 6.07) is 30.4. The smallest absolute Gasteiger partial charge is 0.222 e. The molecule has 29 heavy (non-hydrogen) atoms. The molecule has 5 aromatic rings. The van der Waals surface area contributed by atoms with Gasteiger partial charge in [0.05, 0.1) is 17.6 Å². The molecule has 5 heteroatoms. The maximum Gasteiger partial charge on any atom is 0.222 e. The Morgan fingerprint density at radius 1 is 0.655 bits per heavy atom. The number of anilines is 1. The molecule has 0 aliphatic carbocycles. The topological polar surface area (TPSA) is 69.6 Å². The van der Waals surface area contributed by atoms with Crippen LogP contribution < -0.4 is 5.73 Å². The van der Waals surface area contributed by atoms with E-state index in [9.17, 15) is 0 Å². The Bertz CT molecular complexity index is 1260. The number of nitrogen functional groups attached to an aromatic ring is 1. The van der Waals surface area contributed by atoms with Gasteiger partial charge in [-0.3, -0.25) is 0 Å². The Hall–Kier alpha value is -3.99. The molecule has 0 aliphatic heterocycles. The van der Waals surface area contributed by atoms with Crippen LogP contribution in [0.3, 0.4) is 0 Å². The van der Waals surface area contributed by atoms with Crippen LogP contribution in [0.15, 0.2) is 91.0 Å². The Balaban J connectivity index is 1.80. The highest BCUT2D eigenvalue weighted by molar-refractivity contribution is 6.01. The summed E-state index contributed by atoms with van der Waals surface area (Å²) in [6.45, 7) is 0.606. The van der Waals surface area contributed by atoms with Crippen molar-refractivity contribution < 1.29 is 0 Å². The first-order valence-electron chi connectivity index (χ1n) is 9.48. The predicted molar refractivity (Wildman–Crippen MR) is 116 cm³/mol. The van der Waals surface area contributed by atoms with Crippen molar-refractivity contribution in [3.8, 4) is 22.5 Å². The lowest BCUT2D eigenvalue weighted by atomic mass is 10.0. The Labute approximate surface area is 168 Å². The highest BCUT2D eigenvalue weighted by Crippen LogP contribution is 2.34. The molecule has 5 rings (SSSR count). The lowest BCUT2D eigenvalue weighted by Crippen LogP contribution is -2.05. The zero-order chi connectivity index (χ0) is 19.6. The molecule has 2 N–H and O–H groups in total. The summed E-state index contributed by atoms with van der Waals surface area (Å²) in [6.07, 6.45) is 0. The summed E-state index contributed by atoms with van der Waals surface area (Å²) in [7, 11) is 0. The lowest BCUT2D eigenvalue weighted by Gasteiger charge is -2.07. The maximum atomic E-state index is 6.11. The molecule has 0 bridgehead atoms. The van der Waals surface area contributed by atoms with Gasteiger partial charge in [-0.1, -0.05) is 91.0 Å². The summed E-state index contributed by atoms with van der Waals surface area (Å²) < 4.78 is 1.91. The predicted octanol–water partition coefficient (Wildman–Crippen LogP) is 4.79. The van der Waals surface area contributed by atoms with E-state index in [1.165, 1.54) is 0 Å². The minimum Gasteiger partial charge on any atom is -0.368 e. The molecule has 0 saturated heterocycles. The van der Waals surface area contributed by atoms with E-state index in [1.54, 1.807) is 0 Å². The fourth-order valence-electron chi connectivity index (χ4n) is 3.56. The van der Waals surface area contributed by atoms with Crippen molar-refractivity contribution in [1.29, 1.82) is 0 Å². The van der Waals surface area contributed by atoms with Crippen molar-refractivity contribution in [2.45, 2.75) is 6.54 Å². The fourth-order valence-corrected chi connectivity index (χ4v) is 3.56. The van der Waals surface area contributed by atoms with Crippen molar-refractivity contribution in [3.63, 3.8) is 0 Å². The highest BCUT2D eigenvalue weighted by Gasteiger charge is 2.20. The van der Waals surface area contributed by atoms with Crippen LogP contribution in [0.1, 0.15) is 5.56 Å². The third kappa shape index (κ3) is 3.23. The molecule has 2 heterocycles. The average molecular weight is 377 g/mol. The third-order valence-electron chi connectivity index (χ3n) is 4.88. The molecule has 0 atom stereocenters. The minimum absolute atomic E-state index is 0.241. The molecule has 0 radical (unpaired) electrons. The molecule has 0 saturated carbocycles. The van der Waals surface area contributed by atoms with Crippen molar-refractivity contribution in [2.75, 3.05) is 5.73 Å². The van der Waals surface area contributed by atoms with E-state index in [4.69, 9.17) is 10.8 Å². The Morgan fingerprint density at radius 3 is 1.83 bits per heavy atom. The van der Waals surface area contributed by atoms with Crippen LogP contribution in [0.4, 0.5) is 5.95 Å². The number of fused-ring (bicyclic) bond motifs is 1. The fraction of sp³-hybridized carbons (Fsp3) is 0.0417. The van der Waals surface area contributed by atoms with Gasteiger partial charge in [0, 0.05) is 11.1 Å². The summed E-state index contributed by atoms with van der Waals surface area (Å²) in [4.78, 5) is 9.16. The number of benzene rings is 3. The van der Waals surface area contributed by atoms with Crippen molar-refractivity contribution in [1.82, 2.24) is 19.7 Å². The largest absolute Gasteiger partial charge is 0.368 e. The molecule has 0 aliphatic rings. The number of nitrogens with zero attached hydrogens (tertiary/aromatic N) is 4. The molecule has 2 aromatic heterocycles. The van der Waals surface area contributed by atoms with Gasteiger partial charge in [0.2, 0.25) is 5.95 Å². The van der Waals surface area contributed by atoms with Gasteiger partial charge in [0.15, 0.2) is 5.65 Å². The van der Waals surface area contributed by atoms with E-state index in [0.717, 1.165) is 39.1 Å². The molecule has 5 nitrogen and oxygen atoms in total. The summed E-state index contributed by atoms with van der Waals surface area (Å²) >= 11 is 0. The van der Waals surface area contributed by atoms with Crippen molar-refractivity contribution in [2.24, 2.45) is 0 Å². The number of hydrogen-bond donors (Lipinski definition) is 1. The average Bonchev–Trinajstić information content (AvgIpc) is 3.13. The molecule has 3 aromatic carbocycles. The summed E-state index contributed by atoms with van der Waals surface area (Å²) in [5.41, 5.74) is 11.7. The molecule has 0 unspecified atom stereocenters. The van der Waals surface area contributed by atoms with Crippen LogP contribution in [0.5, 0.6) is 0 Å². The van der Waals surface area contributed by atoms with Gasteiger partial charge >= 0.3 is 0 Å². The first-order chi connectivity index (χ1) is 14.3. The zero-order valence-corrected chi connectivity index (χ0v) is 15.7. The van der Waals surface area contributed by atoms with Gasteiger partial charge in [0.25, 0.3) is 0 Å². The van der Waals surface area contributed by atoms with Crippen LogP contribution in [-0.2, 0) is 6.54 Å². The second kappa shape index (κ2) is 7.20. The van der Waals surface area contributed by atoms with Gasteiger partial charge in [-0.05, 0) is 5.56 Å². The normalized spacial score (nSPS) is 11.0. The van der Waals surface area contributed by atoms with Gasteiger partial charge in [-0.2, -0.15) is 10.1 Å². The van der Waals surface area contributed by atoms with Gasteiger partial charge in [-0.25, -0.2) is 9.67 Å². The number of rotatable bonds is 4. The Morgan fingerprint density at radius 2 is 1.21 bits per heavy atom. The minimum atomic E-state index is 0.241. The van der Waals surface area contributed by atoms with Crippen LogP contribution >= 0.6 is 0 Å². The van der Waals surface area contributed by atoms with E-state index < -0.39 is 0 Å². The Kier molecular flexibility index (Phi) is 4.26.